The van der Waals surface area contributed by atoms with E-state index >= 15 is 0 Å². The van der Waals surface area contributed by atoms with Gasteiger partial charge in [-0.25, -0.2) is 8.42 Å². The lowest BCUT2D eigenvalue weighted by Gasteiger charge is -2.32. The van der Waals surface area contributed by atoms with Gasteiger partial charge in [0.05, 0.1) is 5.75 Å². The Kier molecular flexibility index (Phi) is 4.45. The second-order valence-corrected chi connectivity index (χ2v) is 7.43. The molecule has 2 rings (SSSR count). The van der Waals surface area contributed by atoms with E-state index in [2.05, 4.69) is 5.32 Å². The summed E-state index contributed by atoms with van der Waals surface area (Å²) in [6.45, 7) is 2.01. The Labute approximate surface area is 119 Å². The molecule has 0 fully saturated rings. The molecule has 0 spiro atoms. The maximum absolute atomic E-state index is 12.0. The van der Waals surface area contributed by atoms with Crippen LogP contribution in [0.3, 0.4) is 0 Å². The number of nitrogens with one attached hydrogen (secondary N) is 1. The van der Waals surface area contributed by atoms with E-state index in [9.17, 15) is 13.2 Å². The third-order valence-electron chi connectivity index (χ3n) is 3.67. The molecule has 5 nitrogen and oxygen atoms in total. The molecule has 1 N–H and O–H groups in total. The zero-order chi connectivity index (χ0) is 14.8. The fourth-order valence-corrected chi connectivity index (χ4v) is 3.08. The largest absolute Gasteiger partial charge is 0.315 e. The molecule has 0 saturated heterocycles. The smallest absolute Gasteiger partial charge is 0.228 e. The highest BCUT2D eigenvalue weighted by molar-refractivity contribution is 7.91. The summed E-state index contributed by atoms with van der Waals surface area (Å²) in [5.74, 6) is 0.295. The Balaban J connectivity index is 2.10. The predicted molar refractivity (Wildman–Crippen MR) is 79.5 cm³/mol. The number of hydrogen-bond acceptors (Lipinski definition) is 4. The highest BCUT2D eigenvalue weighted by Gasteiger charge is 2.28. The maximum Gasteiger partial charge on any atom is 0.228 e. The van der Waals surface area contributed by atoms with Crippen LogP contribution in [-0.2, 0) is 14.6 Å². The van der Waals surface area contributed by atoms with Gasteiger partial charge >= 0.3 is 0 Å². The second kappa shape index (κ2) is 5.93. The lowest BCUT2D eigenvalue weighted by Crippen LogP contribution is -2.39. The monoisotopic (exact) mass is 296 g/mol. The lowest BCUT2D eigenvalue weighted by molar-refractivity contribution is -0.119. The molecule has 1 amide bonds. The SMILES string of the molecule is CCS(=O)(=O)CCNC1CC(=O)N(C)c2ccccc21. The van der Waals surface area contributed by atoms with E-state index < -0.39 is 9.84 Å². The number of hydrogen-bond donors (Lipinski definition) is 1. The summed E-state index contributed by atoms with van der Waals surface area (Å²) in [7, 11) is -1.22. The van der Waals surface area contributed by atoms with Crippen LogP contribution < -0.4 is 10.2 Å². The van der Waals surface area contributed by atoms with Gasteiger partial charge in [0.2, 0.25) is 5.91 Å². The number of rotatable bonds is 5. The number of benzene rings is 1. The Bertz CT molecular complexity index is 598. The van der Waals surface area contributed by atoms with Crippen LogP contribution in [0.2, 0.25) is 0 Å². The fraction of sp³-hybridized carbons (Fsp3) is 0.500. The first-order valence-corrected chi connectivity index (χ1v) is 8.56. The molecule has 0 saturated carbocycles. The quantitative estimate of drug-likeness (QED) is 0.884. The summed E-state index contributed by atoms with van der Waals surface area (Å²) in [6.07, 6.45) is 0.361. The van der Waals surface area contributed by atoms with Crippen LogP contribution >= 0.6 is 0 Å². The fourth-order valence-electron chi connectivity index (χ4n) is 2.36. The van der Waals surface area contributed by atoms with Crippen LogP contribution in [0.15, 0.2) is 24.3 Å². The summed E-state index contributed by atoms with van der Waals surface area (Å²) < 4.78 is 23.0. The van der Waals surface area contributed by atoms with Crippen molar-refractivity contribution in [2.75, 3.05) is 30.0 Å². The van der Waals surface area contributed by atoms with Crippen molar-refractivity contribution >= 4 is 21.4 Å². The summed E-state index contributed by atoms with van der Waals surface area (Å²) in [5.41, 5.74) is 1.93. The first-order chi connectivity index (χ1) is 9.44. The third kappa shape index (κ3) is 3.19. The first-order valence-electron chi connectivity index (χ1n) is 6.74. The minimum atomic E-state index is -2.98. The molecule has 1 atom stereocenters. The van der Waals surface area contributed by atoms with E-state index in [1.165, 1.54) is 0 Å². The maximum atomic E-state index is 12.0. The van der Waals surface area contributed by atoms with E-state index in [0.29, 0.717) is 13.0 Å². The molecule has 1 aliphatic rings. The molecule has 6 heteroatoms. The topological polar surface area (TPSA) is 66.5 Å². The second-order valence-electron chi connectivity index (χ2n) is 4.96. The average molecular weight is 296 g/mol. The van der Waals surface area contributed by atoms with Gasteiger partial charge in [-0.15, -0.1) is 0 Å². The number of sulfone groups is 1. The van der Waals surface area contributed by atoms with Crippen molar-refractivity contribution in [1.29, 1.82) is 0 Å². The van der Waals surface area contributed by atoms with Gasteiger partial charge in [0.25, 0.3) is 0 Å². The first kappa shape index (κ1) is 15.0. The molecule has 1 heterocycles. The molecule has 0 aliphatic carbocycles. The Morgan fingerprint density at radius 1 is 1.35 bits per heavy atom. The minimum absolute atomic E-state index is 0.0412. The normalized spacial score (nSPS) is 19.0. The van der Waals surface area contributed by atoms with Crippen molar-refractivity contribution < 1.29 is 13.2 Å². The molecule has 1 unspecified atom stereocenters. The van der Waals surface area contributed by atoms with Gasteiger partial charge in [-0.1, -0.05) is 25.1 Å². The highest BCUT2D eigenvalue weighted by Crippen LogP contribution is 2.33. The molecule has 110 valence electrons. The zero-order valence-corrected chi connectivity index (χ0v) is 12.6. The van der Waals surface area contributed by atoms with Crippen molar-refractivity contribution in [3.05, 3.63) is 29.8 Å². The lowest BCUT2D eigenvalue weighted by atomic mass is 9.96. The zero-order valence-electron chi connectivity index (χ0n) is 11.8. The molecule has 20 heavy (non-hydrogen) atoms. The van der Waals surface area contributed by atoms with Crippen LogP contribution in [0.5, 0.6) is 0 Å². The van der Waals surface area contributed by atoms with Gasteiger partial charge < -0.3 is 10.2 Å². The summed E-state index contributed by atoms with van der Waals surface area (Å²) in [5, 5.41) is 3.19. The number of carbonyl (C=O) groups excluding carboxylic acids is 1. The van der Waals surface area contributed by atoms with Crippen molar-refractivity contribution in [3.63, 3.8) is 0 Å². The molecule has 0 radical (unpaired) electrons. The van der Waals surface area contributed by atoms with Crippen LogP contribution in [0.25, 0.3) is 0 Å². The summed E-state index contributed by atoms with van der Waals surface area (Å²) in [4.78, 5) is 13.6. The number of nitrogens with zero attached hydrogens (tertiary/aromatic N) is 1. The highest BCUT2D eigenvalue weighted by atomic mass is 32.2. The van der Waals surface area contributed by atoms with Crippen LogP contribution in [0, 0.1) is 0 Å². The Morgan fingerprint density at radius 2 is 2.05 bits per heavy atom. The predicted octanol–water partition coefficient (Wildman–Crippen LogP) is 1.12. The standard InChI is InChI=1S/C14H20N2O3S/c1-3-20(18,19)9-8-15-12-10-14(17)16(2)13-7-5-4-6-11(12)13/h4-7,12,15H,3,8-10H2,1-2H3. The van der Waals surface area contributed by atoms with Crippen molar-refractivity contribution in [2.45, 2.75) is 19.4 Å². The summed E-state index contributed by atoms with van der Waals surface area (Å²) in [6, 6.07) is 7.60. The van der Waals surface area contributed by atoms with Crippen molar-refractivity contribution in [1.82, 2.24) is 5.32 Å². The number of amides is 1. The van der Waals surface area contributed by atoms with Crippen molar-refractivity contribution in [3.8, 4) is 0 Å². The molecule has 0 aromatic heterocycles. The number of para-hydroxylation sites is 1. The number of carbonyl (C=O) groups is 1. The van der Waals surface area contributed by atoms with Crippen molar-refractivity contribution in [2.24, 2.45) is 0 Å². The Hall–Kier alpha value is -1.40. The molecule has 1 aromatic rings. The molecule has 0 bridgehead atoms. The van der Waals surface area contributed by atoms with Crippen LogP contribution in [0.4, 0.5) is 5.69 Å². The van der Waals surface area contributed by atoms with Gasteiger partial charge in [-0.3, -0.25) is 4.79 Å². The molecule has 1 aromatic carbocycles. The summed E-state index contributed by atoms with van der Waals surface area (Å²) >= 11 is 0. The number of fused-ring (bicyclic) bond motifs is 1. The van der Waals surface area contributed by atoms with E-state index in [4.69, 9.17) is 0 Å². The van der Waals surface area contributed by atoms with E-state index in [1.807, 2.05) is 24.3 Å². The molecular weight excluding hydrogens is 276 g/mol. The Morgan fingerprint density at radius 3 is 2.75 bits per heavy atom. The third-order valence-corrected chi connectivity index (χ3v) is 5.38. The van der Waals surface area contributed by atoms with Crippen LogP contribution in [-0.4, -0.2) is 39.4 Å². The van der Waals surface area contributed by atoms with Gasteiger partial charge in [0.15, 0.2) is 9.84 Å². The van der Waals surface area contributed by atoms with E-state index in [0.717, 1.165) is 11.3 Å². The van der Waals surface area contributed by atoms with Gasteiger partial charge in [-0.2, -0.15) is 0 Å². The van der Waals surface area contributed by atoms with E-state index in [-0.39, 0.29) is 23.5 Å². The average Bonchev–Trinajstić information content (AvgIpc) is 2.44. The van der Waals surface area contributed by atoms with Gasteiger partial charge in [0.1, 0.15) is 0 Å². The minimum Gasteiger partial charge on any atom is -0.315 e. The van der Waals surface area contributed by atoms with E-state index in [1.54, 1.807) is 18.9 Å². The van der Waals surface area contributed by atoms with Crippen LogP contribution in [0.1, 0.15) is 24.9 Å². The van der Waals surface area contributed by atoms with Gasteiger partial charge in [0, 0.05) is 37.5 Å². The van der Waals surface area contributed by atoms with Gasteiger partial charge in [-0.05, 0) is 11.6 Å². The molecular formula is C14H20N2O3S. The molecule has 1 aliphatic heterocycles. The number of anilines is 1.